The van der Waals surface area contributed by atoms with Gasteiger partial charge in [0.15, 0.2) is 11.6 Å². The highest BCUT2D eigenvalue weighted by atomic mass is 19.1. The van der Waals surface area contributed by atoms with Gasteiger partial charge >= 0.3 is 0 Å². The molecule has 0 aliphatic carbocycles. The number of benzene rings is 1. The summed E-state index contributed by atoms with van der Waals surface area (Å²) < 4.78 is 18.4. The Morgan fingerprint density at radius 3 is 2.86 bits per heavy atom. The molecular weight excluding hydrogens is 273 g/mol. The van der Waals surface area contributed by atoms with Crippen LogP contribution in [0.25, 0.3) is 0 Å². The second kappa shape index (κ2) is 6.69. The standard InChI is InChI=1S/C15H16FN3O2/c1-3-18-13-9-17-7-6-11(13)15(20)19-10-4-5-14(21-2)12(16)8-10/h4-9,18H,3H2,1-2H3,(H,19,20). The summed E-state index contributed by atoms with van der Waals surface area (Å²) in [5, 5.41) is 5.70. The van der Waals surface area contributed by atoms with Gasteiger partial charge in [-0.05, 0) is 25.1 Å². The predicted molar refractivity (Wildman–Crippen MR) is 79.3 cm³/mol. The topological polar surface area (TPSA) is 63.2 Å². The van der Waals surface area contributed by atoms with E-state index in [1.165, 1.54) is 25.4 Å². The third-order valence-corrected chi connectivity index (χ3v) is 2.84. The molecule has 1 aromatic heterocycles. The molecule has 0 saturated carbocycles. The number of carbonyl (C=O) groups excluding carboxylic acids is 1. The second-order valence-corrected chi connectivity index (χ2v) is 4.26. The number of ether oxygens (including phenoxy) is 1. The van der Waals surface area contributed by atoms with E-state index < -0.39 is 5.82 Å². The molecule has 6 heteroatoms. The van der Waals surface area contributed by atoms with Crippen LogP contribution >= 0.6 is 0 Å². The lowest BCUT2D eigenvalue weighted by Crippen LogP contribution is -2.15. The SMILES string of the molecule is CCNc1cnccc1C(=O)Nc1ccc(OC)c(F)c1. The number of rotatable bonds is 5. The normalized spacial score (nSPS) is 10.0. The average Bonchev–Trinajstić information content (AvgIpc) is 2.48. The highest BCUT2D eigenvalue weighted by Crippen LogP contribution is 2.22. The molecule has 0 aliphatic heterocycles. The zero-order chi connectivity index (χ0) is 15.2. The van der Waals surface area contributed by atoms with Crippen LogP contribution in [0, 0.1) is 5.82 Å². The molecule has 0 unspecified atom stereocenters. The monoisotopic (exact) mass is 289 g/mol. The van der Waals surface area contributed by atoms with Gasteiger partial charge in [-0.3, -0.25) is 9.78 Å². The fraction of sp³-hybridized carbons (Fsp3) is 0.200. The first-order valence-corrected chi connectivity index (χ1v) is 6.48. The van der Waals surface area contributed by atoms with Gasteiger partial charge in [-0.1, -0.05) is 0 Å². The molecule has 0 spiro atoms. The summed E-state index contributed by atoms with van der Waals surface area (Å²) in [7, 11) is 1.39. The van der Waals surface area contributed by atoms with Crippen molar-refractivity contribution >= 4 is 17.3 Å². The van der Waals surface area contributed by atoms with Gasteiger partial charge in [0, 0.05) is 24.5 Å². The van der Waals surface area contributed by atoms with Gasteiger partial charge in [0.1, 0.15) is 0 Å². The van der Waals surface area contributed by atoms with Gasteiger partial charge < -0.3 is 15.4 Å². The zero-order valence-corrected chi connectivity index (χ0v) is 11.8. The van der Waals surface area contributed by atoms with Crippen LogP contribution in [0.5, 0.6) is 5.75 Å². The molecule has 0 atom stereocenters. The van der Waals surface area contributed by atoms with E-state index in [9.17, 15) is 9.18 Å². The summed E-state index contributed by atoms with van der Waals surface area (Å²) in [6.45, 7) is 2.59. The first-order valence-electron chi connectivity index (χ1n) is 6.48. The van der Waals surface area contributed by atoms with Crippen LogP contribution in [0.1, 0.15) is 17.3 Å². The van der Waals surface area contributed by atoms with Crippen molar-refractivity contribution in [1.29, 1.82) is 0 Å². The second-order valence-electron chi connectivity index (χ2n) is 4.26. The molecular formula is C15H16FN3O2. The Bertz CT molecular complexity index is 647. The van der Waals surface area contributed by atoms with Gasteiger partial charge in [0.25, 0.3) is 5.91 Å². The summed E-state index contributed by atoms with van der Waals surface area (Å²) in [5.41, 5.74) is 1.44. The van der Waals surface area contributed by atoms with Crippen LogP contribution in [-0.2, 0) is 0 Å². The van der Waals surface area contributed by atoms with E-state index >= 15 is 0 Å². The minimum atomic E-state index is -0.531. The van der Waals surface area contributed by atoms with Crippen molar-refractivity contribution in [3.63, 3.8) is 0 Å². The van der Waals surface area contributed by atoms with Gasteiger partial charge in [-0.2, -0.15) is 0 Å². The molecule has 2 N–H and O–H groups in total. The molecule has 0 fully saturated rings. The Balaban J connectivity index is 2.20. The van der Waals surface area contributed by atoms with Crippen LogP contribution in [-0.4, -0.2) is 24.5 Å². The maximum atomic E-state index is 13.6. The predicted octanol–water partition coefficient (Wildman–Crippen LogP) is 2.91. The molecule has 1 heterocycles. The van der Waals surface area contributed by atoms with E-state index in [4.69, 9.17) is 4.74 Å². The third kappa shape index (κ3) is 3.47. The lowest BCUT2D eigenvalue weighted by Gasteiger charge is -2.11. The largest absolute Gasteiger partial charge is 0.494 e. The fourth-order valence-corrected chi connectivity index (χ4v) is 1.87. The maximum Gasteiger partial charge on any atom is 0.257 e. The molecule has 0 saturated heterocycles. The Morgan fingerprint density at radius 1 is 1.38 bits per heavy atom. The van der Waals surface area contributed by atoms with E-state index in [1.54, 1.807) is 18.3 Å². The highest BCUT2D eigenvalue weighted by molar-refractivity contribution is 6.07. The quantitative estimate of drug-likeness (QED) is 0.888. The number of anilines is 2. The van der Waals surface area contributed by atoms with E-state index in [0.29, 0.717) is 23.5 Å². The summed E-state index contributed by atoms with van der Waals surface area (Å²) >= 11 is 0. The number of halogens is 1. The van der Waals surface area contributed by atoms with E-state index in [1.807, 2.05) is 6.92 Å². The molecule has 1 aromatic carbocycles. The first-order chi connectivity index (χ1) is 10.2. The number of pyridine rings is 1. The van der Waals surface area contributed by atoms with Crippen molar-refractivity contribution in [3.05, 3.63) is 48.0 Å². The molecule has 0 bridgehead atoms. The van der Waals surface area contributed by atoms with Gasteiger partial charge in [0.05, 0.1) is 24.6 Å². The Morgan fingerprint density at radius 2 is 2.19 bits per heavy atom. The summed E-state index contributed by atoms with van der Waals surface area (Å²) in [4.78, 5) is 16.2. The number of hydrogen-bond acceptors (Lipinski definition) is 4. The molecule has 5 nitrogen and oxygen atoms in total. The number of nitrogens with zero attached hydrogens (tertiary/aromatic N) is 1. The van der Waals surface area contributed by atoms with Crippen LogP contribution in [0.2, 0.25) is 0 Å². The molecule has 0 radical (unpaired) electrons. The summed E-state index contributed by atoms with van der Waals surface area (Å²) in [5.74, 6) is -0.736. The fourth-order valence-electron chi connectivity index (χ4n) is 1.87. The van der Waals surface area contributed by atoms with Crippen LogP contribution < -0.4 is 15.4 Å². The minimum absolute atomic E-state index is 0.130. The smallest absolute Gasteiger partial charge is 0.257 e. The third-order valence-electron chi connectivity index (χ3n) is 2.84. The molecule has 2 aromatic rings. The van der Waals surface area contributed by atoms with Crippen molar-refractivity contribution in [2.45, 2.75) is 6.92 Å². The molecule has 0 aliphatic rings. The van der Waals surface area contributed by atoms with Gasteiger partial charge in [0.2, 0.25) is 0 Å². The Kier molecular flexibility index (Phi) is 4.71. The first kappa shape index (κ1) is 14.8. The molecule has 110 valence electrons. The van der Waals surface area contributed by atoms with Crippen molar-refractivity contribution in [2.75, 3.05) is 24.3 Å². The van der Waals surface area contributed by atoms with Gasteiger partial charge in [-0.15, -0.1) is 0 Å². The zero-order valence-electron chi connectivity index (χ0n) is 11.8. The van der Waals surface area contributed by atoms with E-state index in [2.05, 4.69) is 15.6 Å². The number of aromatic nitrogens is 1. The molecule has 2 rings (SSSR count). The molecule has 1 amide bonds. The Hall–Kier alpha value is -2.63. The highest BCUT2D eigenvalue weighted by Gasteiger charge is 2.12. The number of amides is 1. The number of nitrogens with one attached hydrogen (secondary N) is 2. The summed E-state index contributed by atoms with van der Waals surface area (Å²) in [6.07, 6.45) is 3.11. The van der Waals surface area contributed by atoms with Crippen molar-refractivity contribution in [3.8, 4) is 5.75 Å². The minimum Gasteiger partial charge on any atom is -0.494 e. The average molecular weight is 289 g/mol. The van der Waals surface area contributed by atoms with Crippen LogP contribution in [0.3, 0.4) is 0 Å². The lowest BCUT2D eigenvalue weighted by atomic mass is 10.2. The lowest BCUT2D eigenvalue weighted by molar-refractivity contribution is 0.102. The van der Waals surface area contributed by atoms with Crippen molar-refractivity contribution in [2.24, 2.45) is 0 Å². The number of methoxy groups -OCH3 is 1. The van der Waals surface area contributed by atoms with Crippen molar-refractivity contribution < 1.29 is 13.9 Å². The van der Waals surface area contributed by atoms with E-state index in [0.717, 1.165) is 0 Å². The van der Waals surface area contributed by atoms with Crippen LogP contribution in [0.4, 0.5) is 15.8 Å². The maximum absolute atomic E-state index is 13.6. The van der Waals surface area contributed by atoms with Crippen LogP contribution in [0.15, 0.2) is 36.7 Å². The van der Waals surface area contributed by atoms with Gasteiger partial charge in [-0.25, -0.2) is 4.39 Å². The number of hydrogen-bond donors (Lipinski definition) is 2. The number of carbonyl (C=O) groups is 1. The molecule has 21 heavy (non-hydrogen) atoms. The van der Waals surface area contributed by atoms with Crippen molar-refractivity contribution in [1.82, 2.24) is 4.98 Å². The Labute approximate surface area is 122 Å². The van der Waals surface area contributed by atoms with E-state index in [-0.39, 0.29) is 11.7 Å². The summed E-state index contributed by atoms with van der Waals surface area (Å²) in [6, 6.07) is 5.86.